The smallest absolute Gasteiger partial charge is 0.234 e. The fourth-order valence-corrected chi connectivity index (χ4v) is 3.77. The number of allylic oxidation sites excluding steroid dienone is 4. The minimum absolute atomic E-state index is 0.156. The highest BCUT2D eigenvalue weighted by Gasteiger charge is 2.23. The molecule has 0 radical (unpaired) electrons. The summed E-state index contributed by atoms with van der Waals surface area (Å²) in [6.07, 6.45) is 10.1. The Balaban J connectivity index is 2.34. The Bertz CT molecular complexity index is 913. The highest BCUT2D eigenvalue weighted by atomic mass is 32.2. The summed E-state index contributed by atoms with van der Waals surface area (Å²) in [5, 5.41) is 5.21. The number of rotatable bonds is 8. The van der Waals surface area contributed by atoms with Gasteiger partial charge in [0.2, 0.25) is 5.91 Å². The van der Waals surface area contributed by atoms with Gasteiger partial charge in [0, 0.05) is 17.8 Å². The highest BCUT2D eigenvalue weighted by Crippen LogP contribution is 2.28. The van der Waals surface area contributed by atoms with E-state index in [1.54, 1.807) is 35.8 Å². The molecule has 0 aliphatic heterocycles. The van der Waals surface area contributed by atoms with Crippen molar-refractivity contribution in [2.75, 3.05) is 11.6 Å². The van der Waals surface area contributed by atoms with Gasteiger partial charge in [0.15, 0.2) is 15.0 Å². The summed E-state index contributed by atoms with van der Waals surface area (Å²) in [4.78, 5) is 17.3. The van der Waals surface area contributed by atoms with Crippen molar-refractivity contribution < 1.29 is 13.2 Å². The zero-order valence-corrected chi connectivity index (χ0v) is 17.3. The first-order chi connectivity index (χ1) is 12.8. The molecule has 1 unspecified atom stereocenters. The van der Waals surface area contributed by atoms with Gasteiger partial charge in [-0.1, -0.05) is 42.9 Å². The van der Waals surface area contributed by atoms with E-state index >= 15 is 0 Å². The molecule has 0 spiro atoms. The molecule has 5 nitrogen and oxygen atoms in total. The molecule has 1 aromatic heterocycles. The Labute approximate surface area is 164 Å². The molecule has 7 heteroatoms. The normalized spacial score (nSPS) is 13.7. The van der Waals surface area contributed by atoms with Crippen LogP contribution in [-0.2, 0) is 14.6 Å². The zero-order chi connectivity index (χ0) is 19.9. The average Bonchev–Trinajstić information content (AvgIpc) is 3.14. The van der Waals surface area contributed by atoms with Crippen molar-refractivity contribution in [3.8, 4) is 0 Å². The van der Waals surface area contributed by atoms with Gasteiger partial charge in [-0.15, -0.1) is 11.3 Å². The lowest BCUT2D eigenvalue weighted by Gasteiger charge is -2.18. The largest absolute Gasteiger partial charge is 0.301 e. The van der Waals surface area contributed by atoms with Gasteiger partial charge in [-0.3, -0.25) is 4.79 Å². The Morgan fingerprint density at radius 3 is 2.52 bits per heavy atom. The SMILES string of the molecule is C/C=C\C=C(/CC)CC(C(=O)Nc1nccs1)c1ccc(S(C)(=O)=O)cc1. The molecular weight excluding hydrogens is 380 g/mol. The van der Waals surface area contributed by atoms with Crippen LogP contribution in [-0.4, -0.2) is 25.6 Å². The van der Waals surface area contributed by atoms with E-state index in [-0.39, 0.29) is 10.8 Å². The second-order valence-electron chi connectivity index (χ2n) is 6.13. The number of nitrogens with one attached hydrogen (secondary N) is 1. The van der Waals surface area contributed by atoms with Gasteiger partial charge in [0.1, 0.15) is 0 Å². The number of carbonyl (C=O) groups is 1. The first-order valence-corrected chi connectivity index (χ1v) is 11.4. The number of amides is 1. The molecule has 27 heavy (non-hydrogen) atoms. The molecule has 1 amide bonds. The number of benzene rings is 1. The number of anilines is 1. The Hall–Kier alpha value is -2.25. The van der Waals surface area contributed by atoms with Crippen molar-refractivity contribution in [1.82, 2.24) is 4.98 Å². The fraction of sp³-hybridized carbons (Fsp3) is 0.300. The number of aromatic nitrogens is 1. The van der Waals surface area contributed by atoms with Gasteiger partial charge in [0.25, 0.3) is 0 Å². The summed E-state index contributed by atoms with van der Waals surface area (Å²) in [7, 11) is -3.28. The lowest BCUT2D eigenvalue weighted by Crippen LogP contribution is -2.21. The number of hydrogen-bond acceptors (Lipinski definition) is 5. The van der Waals surface area contributed by atoms with E-state index in [0.29, 0.717) is 11.6 Å². The van der Waals surface area contributed by atoms with Crippen LogP contribution in [0.2, 0.25) is 0 Å². The Morgan fingerprint density at radius 2 is 2.00 bits per heavy atom. The van der Waals surface area contributed by atoms with Crippen molar-refractivity contribution >= 4 is 32.2 Å². The molecule has 1 aromatic carbocycles. The van der Waals surface area contributed by atoms with E-state index in [4.69, 9.17) is 0 Å². The van der Waals surface area contributed by atoms with Crippen molar-refractivity contribution in [3.05, 3.63) is 65.2 Å². The van der Waals surface area contributed by atoms with Gasteiger partial charge < -0.3 is 5.32 Å². The molecular formula is C20H24N2O3S2. The predicted octanol–water partition coefficient (Wildman–Crippen LogP) is 4.57. The maximum absolute atomic E-state index is 12.9. The molecule has 0 saturated carbocycles. The van der Waals surface area contributed by atoms with Gasteiger partial charge in [-0.2, -0.15) is 0 Å². The zero-order valence-electron chi connectivity index (χ0n) is 15.7. The summed E-state index contributed by atoms with van der Waals surface area (Å²) in [6.45, 7) is 4.00. The third kappa shape index (κ3) is 6.15. The number of nitrogens with zero attached hydrogens (tertiary/aromatic N) is 1. The van der Waals surface area contributed by atoms with Crippen LogP contribution < -0.4 is 5.32 Å². The highest BCUT2D eigenvalue weighted by molar-refractivity contribution is 7.90. The van der Waals surface area contributed by atoms with Gasteiger partial charge in [-0.05, 0) is 37.5 Å². The van der Waals surface area contributed by atoms with Crippen LogP contribution in [0, 0.1) is 0 Å². The second kappa shape index (κ2) is 9.62. The fourth-order valence-electron chi connectivity index (χ4n) is 2.61. The number of carbonyl (C=O) groups excluding carboxylic acids is 1. The molecule has 1 heterocycles. The van der Waals surface area contributed by atoms with Crippen LogP contribution >= 0.6 is 11.3 Å². The van der Waals surface area contributed by atoms with Crippen LogP contribution in [0.4, 0.5) is 5.13 Å². The first kappa shape index (κ1) is 21.1. The summed E-state index contributed by atoms with van der Waals surface area (Å²) in [5.41, 5.74) is 1.91. The topological polar surface area (TPSA) is 76.1 Å². The molecule has 1 N–H and O–H groups in total. The van der Waals surface area contributed by atoms with Crippen LogP contribution in [0.25, 0.3) is 0 Å². The third-order valence-corrected chi connectivity index (χ3v) is 5.95. The van der Waals surface area contributed by atoms with Crippen LogP contribution in [0.15, 0.2) is 64.5 Å². The molecule has 0 aliphatic rings. The Kier molecular flexibility index (Phi) is 7.50. The summed E-state index contributed by atoms with van der Waals surface area (Å²) in [5.74, 6) is -0.587. The maximum atomic E-state index is 12.9. The number of hydrogen-bond donors (Lipinski definition) is 1. The van der Waals surface area contributed by atoms with Crippen molar-refractivity contribution in [1.29, 1.82) is 0 Å². The minimum Gasteiger partial charge on any atom is -0.301 e. The molecule has 0 bridgehead atoms. The lowest BCUT2D eigenvalue weighted by molar-refractivity contribution is -0.117. The van der Waals surface area contributed by atoms with E-state index in [0.717, 1.165) is 17.6 Å². The van der Waals surface area contributed by atoms with E-state index in [2.05, 4.69) is 17.2 Å². The minimum atomic E-state index is -3.28. The lowest BCUT2D eigenvalue weighted by atomic mass is 9.90. The van der Waals surface area contributed by atoms with Crippen LogP contribution in [0.1, 0.15) is 38.2 Å². The summed E-state index contributed by atoms with van der Waals surface area (Å²) < 4.78 is 23.4. The van der Waals surface area contributed by atoms with Gasteiger partial charge >= 0.3 is 0 Å². The van der Waals surface area contributed by atoms with Crippen LogP contribution in [0.5, 0.6) is 0 Å². The third-order valence-electron chi connectivity index (χ3n) is 4.13. The quantitative estimate of drug-likeness (QED) is 0.654. The second-order valence-corrected chi connectivity index (χ2v) is 9.04. The first-order valence-electron chi connectivity index (χ1n) is 8.66. The average molecular weight is 405 g/mol. The maximum Gasteiger partial charge on any atom is 0.234 e. The van der Waals surface area contributed by atoms with Crippen molar-refractivity contribution in [2.24, 2.45) is 0 Å². The molecule has 0 fully saturated rings. The monoisotopic (exact) mass is 404 g/mol. The number of sulfone groups is 1. The van der Waals surface area contributed by atoms with E-state index in [1.165, 1.54) is 17.6 Å². The van der Waals surface area contributed by atoms with Gasteiger partial charge in [0.05, 0.1) is 10.8 Å². The summed E-state index contributed by atoms with van der Waals surface area (Å²) in [6, 6.07) is 6.53. The molecule has 1 atom stereocenters. The molecule has 2 rings (SSSR count). The Morgan fingerprint density at radius 1 is 1.30 bits per heavy atom. The van der Waals surface area contributed by atoms with Crippen molar-refractivity contribution in [3.63, 3.8) is 0 Å². The van der Waals surface area contributed by atoms with E-state index in [1.807, 2.05) is 25.2 Å². The molecule has 0 saturated heterocycles. The predicted molar refractivity (Wildman–Crippen MR) is 111 cm³/mol. The van der Waals surface area contributed by atoms with Crippen molar-refractivity contribution in [2.45, 2.75) is 37.5 Å². The van der Waals surface area contributed by atoms with E-state index in [9.17, 15) is 13.2 Å². The molecule has 0 aliphatic carbocycles. The van der Waals surface area contributed by atoms with Gasteiger partial charge in [-0.25, -0.2) is 13.4 Å². The standard InChI is InChI=1S/C20H24N2O3S2/c1-4-6-7-15(5-2)14-18(19(23)22-20-21-12-13-26-20)16-8-10-17(11-9-16)27(3,24)25/h4,6-13,18H,5,14H2,1-3H3,(H,21,22,23)/b6-4-,15-7+. The molecule has 2 aromatic rings. The van der Waals surface area contributed by atoms with Crippen LogP contribution in [0.3, 0.4) is 0 Å². The van der Waals surface area contributed by atoms with E-state index < -0.39 is 15.8 Å². The summed E-state index contributed by atoms with van der Waals surface area (Å²) >= 11 is 1.36. The number of thiazole rings is 1. The molecule has 144 valence electrons.